The second kappa shape index (κ2) is 2.74. The molecule has 3 heteroatoms. The zero-order valence-corrected chi connectivity index (χ0v) is 8.10. The molecule has 0 aromatic carbocycles. The van der Waals surface area contributed by atoms with Gasteiger partial charge in [-0.25, -0.2) is 4.98 Å². The Morgan fingerprint density at radius 2 is 2.29 bits per heavy atom. The normalized spacial score (nSPS) is 16.1. The Morgan fingerprint density at radius 3 is 3.07 bits per heavy atom. The second-order valence-corrected chi connectivity index (χ2v) is 3.78. The van der Waals surface area contributed by atoms with E-state index < -0.39 is 0 Å². The molecule has 1 saturated carbocycles. The van der Waals surface area contributed by atoms with Crippen molar-refractivity contribution in [3.8, 4) is 5.75 Å². The lowest BCUT2D eigenvalue weighted by Gasteiger charge is -2.07. The summed E-state index contributed by atoms with van der Waals surface area (Å²) in [6.07, 6.45) is 6.56. The molecule has 0 atom stereocenters. The molecule has 0 amide bonds. The second-order valence-electron chi connectivity index (χ2n) is 3.78. The van der Waals surface area contributed by atoms with Gasteiger partial charge in [0.05, 0.1) is 6.10 Å². The van der Waals surface area contributed by atoms with Crippen LogP contribution in [-0.2, 0) is 0 Å². The molecule has 1 fully saturated rings. The van der Waals surface area contributed by atoms with Gasteiger partial charge in [-0.1, -0.05) is 0 Å². The van der Waals surface area contributed by atoms with Crippen molar-refractivity contribution < 1.29 is 4.74 Å². The topological polar surface area (TPSA) is 26.5 Å². The highest BCUT2D eigenvalue weighted by Crippen LogP contribution is 2.29. The minimum Gasteiger partial charge on any atom is -0.487 e. The third kappa shape index (κ3) is 1.16. The zero-order valence-electron chi connectivity index (χ0n) is 8.10. The van der Waals surface area contributed by atoms with Crippen LogP contribution in [0.25, 0.3) is 5.65 Å². The van der Waals surface area contributed by atoms with Crippen molar-refractivity contribution in [3.05, 3.63) is 30.2 Å². The molecule has 2 heterocycles. The molecule has 14 heavy (non-hydrogen) atoms. The molecule has 0 bridgehead atoms. The maximum absolute atomic E-state index is 5.77. The Labute approximate surface area is 82.3 Å². The van der Waals surface area contributed by atoms with Crippen molar-refractivity contribution in [3.63, 3.8) is 0 Å². The van der Waals surface area contributed by atoms with Crippen molar-refractivity contribution in [1.29, 1.82) is 0 Å². The third-order valence-electron chi connectivity index (χ3n) is 2.54. The highest BCUT2D eigenvalue weighted by atomic mass is 16.5. The Morgan fingerprint density at radius 1 is 1.43 bits per heavy atom. The van der Waals surface area contributed by atoms with Crippen LogP contribution in [0.2, 0.25) is 0 Å². The van der Waals surface area contributed by atoms with Crippen molar-refractivity contribution in [2.45, 2.75) is 25.9 Å². The molecule has 3 rings (SSSR count). The SMILES string of the molecule is Cc1ccc(OC2CC2)c2nccn12. The predicted molar refractivity (Wildman–Crippen MR) is 53.6 cm³/mol. The van der Waals surface area contributed by atoms with E-state index in [1.807, 2.05) is 18.5 Å². The number of rotatable bonds is 2. The van der Waals surface area contributed by atoms with E-state index >= 15 is 0 Å². The van der Waals surface area contributed by atoms with Gasteiger partial charge in [-0.2, -0.15) is 0 Å². The molecule has 0 aliphatic heterocycles. The number of fused-ring (bicyclic) bond motifs is 1. The molecule has 0 spiro atoms. The average molecular weight is 188 g/mol. The summed E-state index contributed by atoms with van der Waals surface area (Å²) in [5, 5.41) is 0. The summed E-state index contributed by atoms with van der Waals surface area (Å²) in [6.45, 7) is 2.07. The Kier molecular flexibility index (Phi) is 1.54. The molecular weight excluding hydrogens is 176 g/mol. The predicted octanol–water partition coefficient (Wildman–Crippen LogP) is 2.18. The summed E-state index contributed by atoms with van der Waals surface area (Å²) in [4.78, 5) is 4.30. The summed E-state index contributed by atoms with van der Waals surface area (Å²) in [5.41, 5.74) is 2.11. The largest absolute Gasteiger partial charge is 0.487 e. The summed E-state index contributed by atoms with van der Waals surface area (Å²) in [5.74, 6) is 0.906. The van der Waals surface area contributed by atoms with Gasteiger partial charge in [0.2, 0.25) is 0 Å². The summed E-state index contributed by atoms with van der Waals surface area (Å²) >= 11 is 0. The number of ether oxygens (including phenoxy) is 1. The highest BCUT2D eigenvalue weighted by Gasteiger charge is 2.24. The highest BCUT2D eigenvalue weighted by molar-refractivity contribution is 5.54. The van der Waals surface area contributed by atoms with Crippen LogP contribution in [-0.4, -0.2) is 15.5 Å². The zero-order chi connectivity index (χ0) is 9.54. The Hall–Kier alpha value is -1.51. The van der Waals surface area contributed by atoms with Crippen molar-refractivity contribution in [2.24, 2.45) is 0 Å². The van der Waals surface area contributed by atoms with Gasteiger partial charge in [0.15, 0.2) is 11.4 Å². The molecule has 0 radical (unpaired) electrons. The molecular formula is C11H12N2O. The molecule has 2 aromatic heterocycles. The van der Waals surface area contributed by atoms with E-state index in [9.17, 15) is 0 Å². The molecule has 3 nitrogen and oxygen atoms in total. The van der Waals surface area contributed by atoms with Crippen LogP contribution in [0.1, 0.15) is 18.5 Å². The van der Waals surface area contributed by atoms with Crippen LogP contribution in [0.3, 0.4) is 0 Å². The van der Waals surface area contributed by atoms with Crippen LogP contribution in [0.4, 0.5) is 0 Å². The lowest BCUT2D eigenvalue weighted by molar-refractivity contribution is 0.305. The smallest absolute Gasteiger partial charge is 0.179 e. The summed E-state index contributed by atoms with van der Waals surface area (Å²) < 4.78 is 7.82. The molecule has 1 aliphatic rings. The number of imidazole rings is 1. The van der Waals surface area contributed by atoms with Gasteiger partial charge in [-0.15, -0.1) is 0 Å². The van der Waals surface area contributed by atoms with Crippen LogP contribution in [0.15, 0.2) is 24.5 Å². The minimum atomic E-state index is 0.429. The van der Waals surface area contributed by atoms with Gasteiger partial charge in [0, 0.05) is 18.1 Å². The van der Waals surface area contributed by atoms with Crippen LogP contribution < -0.4 is 4.74 Å². The maximum atomic E-state index is 5.77. The van der Waals surface area contributed by atoms with E-state index in [-0.39, 0.29) is 0 Å². The van der Waals surface area contributed by atoms with Gasteiger partial charge < -0.3 is 9.14 Å². The fraction of sp³-hybridized carbons (Fsp3) is 0.364. The summed E-state index contributed by atoms with van der Waals surface area (Å²) in [7, 11) is 0. The lowest BCUT2D eigenvalue weighted by atomic mass is 10.3. The number of aryl methyl sites for hydroxylation is 1. The molecule has 0 N–H and O–H groups in total. The molecule has 0 unspecified atom stereocenters. The maximum Gasteiger partial charge on any atom is 0.179 e. The standard InChI is InChI=1S/C11H12N2O/c1-8-2-5-10(14-9-3-4-9)11-12-6-7-13(8)11/h2,5-7,9H,3-4H2,1H3. The first-order valence-electron chi connectivity index (χ1n) is 4.94. The monoisotopic (exact) mass is 188 g/mol. The average Bonchev–Trinajstić information content (AvgIpc) is 2.83. The first-order valence-corrected chi connectivity index (χ1v) is 4.94. The lowest BCUT2D eigenvalue weighted by Crippen LogP contribution is -1.99. The fourth-order valence-corrected chi connectivity index (χ4v) is 1.58. The number of hydrogen-bond acceptors (Lipinski definition) is 2. The quantitative estimate of drug-likeness (QED) is 0.722. The van der Waals surface area contributed by atoms with Crippen molar-refractivity contribution in [2.75, 3.05) is 0 Å². The van der Waals surface area contributed by atoms with E-state index in [1.165, 1.54) is 18.5 Å². The van der Waals surface area contributed by atoms with Gasteiger partial charge in [0.25, 0.3) is 0 Å². The molecule has 0 saturated heterocycles. The van der Waals surface area contributed by atoms with Gasteiger partial charge in [-0.05, 0) is 31.9 Å². The van der Waals surface area contributed by atoms with E-state index in [1.54, 1.807) is 0 Å². The summed E-state index contributed by atoms with van der Waals surface area (Å²) in [6, 6.07) is 4.07. The van der Waals surface area contributed by atoms with E-state index in [4.69, 9.17) is 4.74 Å². The van der Waals surface area contributed by atoms with Gasteiger partial charge in [0.1, 0.15) is 0 Å². The molecule has 72 valence electrons. The van der Waals surface area contributed by atoms with Crippen LogP contribution in [0.5, 0.6) is 5.75 Å². The van der Waals surface area contributed by atoms with Crippen molar-refractivity contribution >= 4 is 5.65 Å². The van der Waals surface area contributed by atoms with Gasteiger partial charge in [-0.3, -0.25) is 0 Å². The van der Waals surface area contributed by atoms with Crippen molar-refractivity contribution in [1.82, 2.24) is 9.38 Å². The molecule has 2 aromatic rings. The van der Waals surface area contributed by atoms with Crippen LogP contribution >= 0.6 is 0 Å². The Balaban J connectivity index is 2.12. The van der Waals surface area contributed by atoms with E-state index in [0.717, 1.165) is 11.4 Å². The number of aromatic nitrogens is 2. The van der Waals surface area contributed by atoms with E-state index in [2.05, 4.69) is 22.4 Å². The number of nitrogens with zero attached hydrogens (tertiary/aromatic N) is 2. The third-order valence-corrected chi connectivity index (χ3v) is 2.54. The Bertz CT molecular complexity index is 471. The van der Waals surface area contributed by atoms with E-state index in [0.29, 0.717) is 6.10 Å². The molecule has 1 aliphatic carbocycles. The van der Waals surface area contributed by atoms with Gasteiger partial charge >= 0.3 is 0 Å². The first-order chi connectivity index (χ1) is 6.84. The first kappa shape index (κ1) is 7.85. The fourth-order valence-electron chi connectivity index (χ4n) is 1.58. The number of pyridine rings is 1. The number of hydrogen-bond donors (Lipinski definition) is 0. The van der Waals surface area contributed by atoms with Crippen LogP contribution in [0, 0.1) is 6.92 Å². The minimum absolute atomic E-state index is 0.429.